The van der Waals surface area contributed by atoms with E-state index in [0.717, 1.165) is 31.4 Å². The Morgan fingerprint density at radius 2 is 2.06 bits per heavy atom. The van der Waals surface area contributed by atoms with E-state index in [4.69, 9.17) is 4.74 Å². The zero-order valence-electron chi connectivity index (χ0n) is 11.5. The molecular weight excluding hydrogens is 216 g/mol. The molecule has 1 heterocycles. The first kappa shape index (κ1) is 14.1. The van der Waals surface area contributed by atoms with Crippen molar-refractivity contribution >= 4 is 0 Å². The summed E-state index contributed by atoms with van der Waals surface area (Å²) in [5, 5.41) is 11.7. The quantitative estimate of drug-likeness (QED) is 0.780. The summed E-state index contributed by atoms with van der Waals surface area (Å²) >= 11 is 0. The highest BCUT2D eigenvalue weighted by molar-refractivity contribution is 4.92. The minimum Gasteiger partial charge on any atom is -0.380 e. The van der Waals surface area contributed by atoms with Gasteiger partial charge in [-0.2, -0.15) is 0 Å². The van der Waals surface area contributed by atoms with Crippen LogP contribution in [0, 0.1) is 12.8 Å². The van der Waals surface area contributed by atoms with Crippen molar-refractivity contribution in [3.63, 3.8) is 0 Å². The van der Waals surface area contributed by atoms with Gasteiger partial charge >= 0.3 is 0 Å². The van der Waals surface area contributed by atoms with Crippen molar-refractivity contribution in [1.82, 2.24) is 20.1 Å². The van der Waals surface area contributed by atoms with E-state index in [0.29, 0.717) is 12.0 Å². The molecule has 1 aromatic rings. The van der Waals surface area contributed by atoms with Crippen LogP contribution in [0.2, 0.25) is 0 Å². The lowest BCUT2D eigenvalue weighted by Gasteiger charge is -2.21. The van der Waals surface area contributed by atoms with Gasteiger partial charge in [-0.3, -0.25) is 0 Å². The molecule has 1 atom stereocenters. The third-order valence-electron chi connectivity index (χ3n) is 3.01. The van der Waals surface area contributed by atoms with Crippen LogP contribution in [0.4, 0.5) is 0 Å². The van der Waals surface area contributed by atoms with Crippen LogP contribution in [0.3, 0.4) is 0 Å². The molecule has 0 spiro atoms. The second-order valence-electron chi connectivity index (χ2n) is 4.61. The van der Waals surface area contributed by atoms with Gasteiger partial charge < -0.3 is 14.6 Å². The Labute approximate surface area is 104 Å². The standard InChI is InChI=1S/C12H24N4O/c1-6-17-8-11(9(2)3)13-7-12-15-14-10(4)16(12)5/h9,11,13H,6-8H2,1-5H3. The first-order valence-corrected chi connectivity index (χ1v) is 6.22. The highest BCUT2D eigenvalue weighted by Crippen LogP contribution is 2.04. The second-order valence-corrected chi connectivity index (χ2v) is 4.61. The summed E-state index contributed by atoms with van der Waals surface area (Å²) in [6, 6.07) is 0.354. The molecule has 1 rings (SSSR count). The van der Waals surface area contributed by atoms with Crippen LogP contribution < -0.4 is 5.32 Å². The van der Waals surface area contributed by atoms with E-state index in [2.05, 4.69) is 29.4 Å². The van der Waals surface area contributed by atoms with Crippen molar-refractivity contribution < 1.29 is 4.74 Å². The van der Waals surface area contributed by atoms with E-state index in [1.165, 1.54) is 0 Å². The van der Waals surface area contributed by atoms with Crippen molar-refractivity contribution in [3.8, 4) is 0 Å². The Hall–Kier alpha value is -0.940. The van der Waals surface area contributed by atoms with E-state index in [9.17, 15) is 0 Å². The number of aryl methyl sites for hydroxylation is 1. The lowest BCUT2D eigenvalue weighted by molar-refractivity contribution is 0.107. The van der Waals surface area contributed by atoms with Crippen LogP contribution >= 0.6 is 0 Å². The van der Waals surface area contributed by atoms with E-state index in [1.807, 2.05) is 25.5 Å². The van der Waals surface area contributed by atoms with Crippen molar-refractivity contribution in [3.05, 3.63) is 11.6 Å². The molecule has 0 aromatic carbocycles. The van der Waals surface area contributed by atoms with E-state index in [-0.39, 0.29) is 0 Å². The Morgan fingerprint density at radius 1 is 1.35 bits per heavy atom. The van der Waals surface area contributed by atoms with Gasteiger partial charge in [0.2, 0.25) is 0 Å². The molecule has 0 aliphatic rings. The van der Waals surface area contributed by atoms with Crippen LogP contribution in [0.1, 0.15) is 32.4 Å². The van der Waals surface area contributed by atoms with Gasteiger partial charge in [0.25, 0.3) is 0 Å². The van der Waals surface area contributed by atoms with Gasteiger partial charge in [-0.05, 0) is 19.8 Å². The predicted molar refractivity (Wildman–Crippen MR) is 67.7 cm³/mol. The number of hydrogen-bond donors (Lipinski definition) is 1. The predicted octanol–water partition coefficient (Wildman–Crippen LogP) is 1.27. The largest absolute Gasteiger partial charge is 0.380 e. The molecule has 0 amide bonds. The third kappa shape index (κ3) is 4.09. The summed E-state index contributed by atoms with van der Waals surface area (Å²) in [7, 11) is 1.99. The van der Waals surface area contributed by atoms with Crippen LogP contribution in [0.15, 0.2) is 0 Å². The molecule has 5 nitrogen and oxygen atoms in total. The fraction of sp³-hybridized carbons (Fsp3) is 0.833. The van der Waals surface area contributed by atoms with Gasteiger partial charge in [-0.15, -0.1) is 10.2 Å². The van der Waals surface area contributed by atoms with Gasteiger partial charge in [0, 0.05) is 19.7 Å². The van der Waals surface area contributed by atoms with Crippen molar-refractivity contribution in [1.29, 1.82) is 0 Å². The van der Waals surface area contributed by atoms with E-state index >= 15 is 0 Å². The number of hydrogen-bond acceptors (Lipinski definition) is 4. The van der Waals surface area contributed by atoms with Crippen LogP contribution in [-0.4, -0.2) is 34.0 Å². The monoisotopic (exact) mass is 240 g/mol. The average molecular weight is 240 g/mol. The average Bonchev–Trinajstić information content (AvgIpc) is 2.60. The minimum atomic E-state index is 0.354. The summed E-state index contributed by atoms with van der Waals surface area (Å²) in [6.07, 6.45) is 0. The number of aromatic nitrogens is 3. The first-order valence-electron chi connectivity index (χ1n) is 6.22. The number of nitrogens with one attached hydrogen (secondary N) is 1. The maximum atomic E-state index is 5.48. The maximum absolute atomic E-state index is 5.48. The van der Waals surface area contributed by atoms with Gasteiger partial charge in [-0.1, -0.05) is 13.8 Å². The third-order valence-corrected chi connectivity index (χ3v) is 3.01. The normalized spacial score (nSPS) is 13.3. The van der Waals surface area contributed by atoms with E-state index < -0.39 is 0 Å². The Bertz CT molecular complexity index is 335. The SMILES string of the molecule is CCOCC(NCc1nnc(C)n1C)C(C)C. The van der Waals surface area contributed by atoms with Gasteiger partial charge in [0.05, 0.1) is 13.2 Å². The maximum Gasteiger partial charge on any atom is 0.146 e. The summed E-state index contributed by atoms with van der Waals surface area (Å²) in [5.74, 6) is 2.44. The summed E-state index contributed by atoms with van der Waals surface area (Å²) < 4.78 is 7.48. The Balaban J connectivity index is 2.48. The topological polar surface area (TPSA) is 52.0 Å². The summed E-state index contributed by atoms with van der Waals surface area (Å²) in [5.41, 5.74) is 0. The zero-order chi connectivity index (χ0) is 12.8. The highest BCUT2D eigenvalue weighted by Gasteiger charge is 2.14. The molecule has 98 valence electrons. The smallest absolute Gasteiger partial charge is 0.146 e. The lowest BCUT2D eigenvalue weighted by atomic mass is 10.1. The molecule has 5 heteroatoms. The Kier molecular flexibility index (Phi) is 5.58. The highest BCUT2D eigenvalue weighted by atomic mass is 16.5. The molecule has 1 N–H and O–H groups in total. The molecule has 0 radical (unpaired) electrons. The number of rotatable bonds is 7. The summed E-state index contributed by atoms with van der Waals surface area (Å²) in [4.78, 5) is 0. The van der Waals surface area contributed by atoms with Crippen molar-refractivity contribution in [2.45, 2.75) is 40.3 Å². The molecule has 1 aromatic heterocycles. The molecule has 0 aliphatic carbocycles. The van der Waals surface area contributed by atoms with Crippen LogP contribution in [-0.2, 0) is 18.3 Å². The van der Waals surface area contributed by atoms with Crippen molar-refractivity contribution in [2.24, 2.45) is 13.0 Å². The Morgan fingerprint density at radius 3 is 2.53 bits per heavy atom. The van der Waals surface area contributed by atoms with Gasteiger partial charge in [-0.25, -0.2) is 0 Å². The first-order chi connectivity index (χ1) is 8.06. The number of ether oxygens (including phenoxy) is 1. The van der Waals surface area contributed by atoms with Crippen LogP contribution in [0.25, 0.3) is 0 Å². The zero-order valence-corrected chi connectivity index (χ0v) is 11.5. The fourth-order valence-electron chi connectivity index (χ4n) is 1.56. The van der Waals surface area contributed by atoms with Crippen molar-refractivity contribution in [2.75, 3.05) is 13.2 Å². The van der Waals surface area contributed by atoms with Gasteiger partial charge in [0.15, 0.2) is 0 Å². The molecule has 0 bridgehead atoms. The minimum absolute atomic E-state index is 0.354. The molecule has 0 fully saturated rings. The molecule has 0 aliphatic heterocycles. The molecular formula is C12H24N4O. The second kappa shape index (κ2) is 6.71. The lowest BCUT2D eigenvalue weighted by Crippen LogP contribution is -2.38. The van der Waals surface area contributed by atoms with Crippen LogP contribution in [0.5, 0.6) is 0 Å². The number of nitrogens with zero attached hydrogens (tertiary/aromatic N) is 3. The molecule has 17 heavy (non-hydrogen) atoms. The molecule has 0 saturated carbocycles. The fourth-order valence-corrected chi connectivity index (χ4v) is 1.56. The molecule has 0 saturated heterocycles. The molecule has 1 unspecified atom stereocenters. The summed E-state index contributed by atoms with van der Waals surface area (Å²) in [6.45, 7) is 10.6. The van der Waals surface area contributed by atoms with E-state index in [1.54, 1.807) is 0 Å². The van der Waals surface area contributed by atoms with Gasteiger partial charge in [0.1, 0.15) is 11.6 Å².